The van der Waals surface area contributed by atoms with E-state index in [0.717, 1.165) is 29.5 Å². The second kappa shape index (κ2) is 6.96. The zero-order valence-corrected chi connectivity index (χ0v) is 14.3. The zero-order valence-electron chi connectivity index (χ0n) is 13.5. The van der Waals surface area contributed by atoms with Gasteiger partial charge in [0, 0.05) is 35.9 Å². The van der Waals surface area contributed by atoms with Gasteiger partial charge in [0.25, 0.3) is 0 Å². The quantitative estimate of drug-likeness (QED) is 0.863. The third-order valence-electron chi connectivity index (χ3n) is 3.95. The number of thiazole rings is 1. The summed E-state index contributed by atoms with van der Waals surface area (Å²) in [6.45, 7) is 6.30. The van der Waals surface area contributed by atoms with Crippen molar-refractivity contribution in [2.24, 2.45) is 0 Å². The van der Waals surface area contributed by atoms with Crippen LogP contribution in [0.1, 0.15) is 29.1 Å². The van der Waals surface area contributed by atoms with E-state index < -0.39 is 0 Å². The van der Waals surface area contributed by atoms with E-state index in [0.29, 0.717) is 0 Å². The predicted molar refractivity (Wildman–Crippen MR) is 97.1 cm³/mol. The number of anilines is 2. The van der Waals surface area contributed by atoms with E-state index in [2.05, 4.69) is 28.2 Å². The van der Waals surface area contributed by atoms with Crippen molar-refractivity contribution in [1.29, 1.82) is 0 Å². The van der Waals surface area contributed by atoms with Gasteiger partial charge in [0.2, 0.25) is 5.91 Å². The van der Waals surface area contributed by atoms with Crippen LogP contribution in [0.4, 0.5) is 11.4 Å². The molecule has 0 radical (unpaired) electrons. The second-order valence-electron chi connectivity index (χ2n) is 5.81. The van der Waals surface area contributed by atoms with Crippen LogP contribution < -0.4 is 10.2 Å². The standard InChI is InChI=1S/C18H21N3OS/c1-13-11-15(5-7-17(13)21-9-3-4-10-21)20-18(22)8-6-16-12-23-14(2)19-16/h5-8,11-12H,3-4,9-10H2,1-2H3,(H,20,22)/b8-6+. The van der Waals surface area contributed by atoms with Crippen LogP contribution in [0.3, 0.4) is 0 Å². The molecule has 0 atom stereocenters. The van der Waals surface area contributed by atoms with Gasteiger partial charge in [-0.3, -0.25) is 4.79 Å². The van der Waals surface area contributed by atoms with E-state index in [1.54, 1.807) is 17.4 Å². The molecule has 1 amide bonds. The van der Waals surface area contributed by atoms with Crippen molar-refractivity contribution in [2.45, 2.75) is 26.7 Å². The van der Waals surface area contributed by atoms with Crippen LogP contribution in [0.15, 0.2) is 29.7 Å². The highest BCUT2D eigenvalue weighted by atomic mass is 32.1. The molecule has 2 heterocycles. The Hall–Kier alpha value is -2.14. The Morgan fingerprint density at radius 3 is 2.74 bits per heavy atom. The van der Waals surface area contributed by atoms with Crippen molar-refractivity contribution < 1.29 is 4.79 Å². The Balaban J connectivity index is 1.64. The van der Waals surface area contributed by atoms with Crippen LogP contribution in [0.25, 0.3) is 6.08 Å². The lowest BCUT2D eigenvalue weighted by molar-refractivity contribution is -0.111. The van der Waals surface area contributed by atoms with Crippen LogP contribution in [0.5, 0.6) is 0 Å². The van der Waals surface area contributed by atoms with Gasteiger partial charge in [-0.1, -0.05) is 0 Å². The van der Waals surface area contributed by atoms with Gasteiger partial charge in [0.15, 0.2) is 0 Å². The molecule has 1 aliphatic heterocycles. The summed E-state index contributed by atoms with van der Waals surface area (Å²) in [7, 11) is 0. The van der Waals surface area contributed by atoms with Crippen molar-refractivity contribution in [3.8, 4) is 0 Å². The third kappa shape index (κ3) is 3.99. The highest BCUT2D eigenvalue weighted by Gasteiger charge is 2.14. The van der Waals surface area contributed by atoms with Crippen molar-refractivity contribution in [3.05, 3.63) is 45.9 Å². The molecule has 2 aromatic rings. The Kier molecular flexibility index (Phi) is 4.76. The summed E-state index contributed by atoms with van der Waals surface area (Å²) < 4.78 is 0. The number of carbonyl (C=O) groups is 1. The number of aromatic nitrogens is 1. The molecule has 0 bridgehead atoms. The SMILES string of the molecule is Cc1nc(/C=C/C(=O)Nc2ccc(N3CCCC3)c(C)c2)cs1. The Bertz CT molecular complexity index is 730. The molecule has 0 saturated carbocycles. The number of nitrogens with zero attached hydrogens (tertiary/aromatic N) is 2. The molecule has 0 spiro atoms. The summed E-state index contributed by atoms with van der Waals surface area (Å²) in [5.74, 6) is -0.135. The third-order valence-corrected chi connectivity index (χ3v) is 4.75. The highest BCUT2D eigenvalue weighted by molar-refractivity contribution is 7.09. The maximum absolute atomic E-state index is 12.0. The number of nitrogens with one attached hydrogen (secondary N) is 1. The van der Waals surface area contributed by atoms with E-state index in [4.69, 9.17) is 0 Å². The lowest BCUT2D eigenvalue weighted by Gasteiger charge is -2.20. The maximum Gasteiger partial charge on any atom is 0.248 e. The van der Waals surface area contributed by atoms with E-state index in [1.165, 1.54) is 30.2 Å². The molecule has 1 saturated heterocycles. The maximum atomic E-state index is 12.0. The molecule has 120 valence electrons. The molecule has 1 aromatic carbocycles. The summed E-state index contributed by atoms with van der Waals surface area (Å²) in [5, 5.41) is 5.85. The van der Waals surface area contributed by atoms with Gasteiger partial charge >= 0.3 is 0 Å². The lowest BCUT2D eigenvalue weighted by atomic mass is 10.1. The number of amides is 1. The first-order valence-corrected chi connectivity index (χ1v) is 8.76. The first-order valence-electron chi connectivity index (χ1n) is 7.88. The summed E-state index contributed by atoms with van der Waals surface area (Å²) in [5.41, 5.74) is 4.12. The average molecular weight is 327 g/mol. The number of rotatable bonds is 4. The number of aryl methyl sites for hydroxylation is 2. The van der Waals surface area contributed by atoms with Crippen LogP contribution in [0.2, 0.25) is 0 Å². The van der Waals surface area contributed by atoms with Crippen molar-refractivity contribution >= 4 is 34.7 Å². The minimum absolute atomic E-state index is 0.135. The summed E-state index contributed by atoms with van der Waals surface area (Å²) in [6.07, 6.45) is 5.79. The molecule has 0 aliphatic carbocycles. The topological polar surface area (TPSA) is 45.2 Å². The molecule has 1 aliphatic rings. The minimum Gasteiger partial charge on any atom is -0.371 e. The first kappa shape index (κ1) is 15.7. The zero-order chi connectivity index (χ0) is 16.2. The number of carbonyl (C=O) groups excluding carboxylic acids is 1. The Morgan fingerprint density at radius 1 is 1.30 bits per heavy atom. The fraction of sp³-hybridized carbons (Fsp3) is 0.333. The van der Waals surface area contributed by atoms with Crippen LogP contribution in [-0.2, 0) is 4.79 Å². The fourth-order valence-corrected chi connectivity index (χ4v) is 3.43. The van der Waals surface area contributed by atoms with E-state index >= 15 is 0 Å². The molecule has 23 heavy (non-hydrogen) atoms. The molecule has 5 heteroatoms. The molecule has 0 unspecified atom stereocenters. The van der Waals surface area contributed by atoms with Crippen molar-refractivity contribution in [2.75, 3.05) is 23.3 Å². The molecular weight excluding hydrogens is 306 g/mol. The van der Waals surface area contributed by atoms with Gasteiger partial charge in [0.1, 0.15) is 0 Å². The lowest BCUT2D eigenvalue weighted by Crippen LogP contribution is -2.18. The smallest absolute Gasteiger partial charge is 0.248 e. The predicted octanol–water partition coefficient (Wildman–Crippen LogP) is 4.01. The van der Waals surface area contributed by atoms with Gasteiger partial charge in [-0.05, 0) is 56.5 Å². The van der Waals surface area contributed by atoms with E-state index in [-0.39, 0.29) is 5.91 Å². The van der Waals surface area contributed by atoms with Gasteiger partial charge in [-0.15, -0.1) is 11.3 Å². The van der Waals surface area contributed by atoms with Crippen LogP contribution in [-0.4, -0.2) is 24.0 Å². The summed E-state index contributed by atoms with van der Waals surface area (Å²) in [4.78, 5) is 18.7. The Labute approximate surface area is 140 Å². The Morgan fingerprint density at radius 2 is 2.09 bits per heavy atom. The number of benzene rings is 1. The van der Waals surface area contributed by atoms with Gasteiger partial charge < -0.3 is 10.2 Å². The molecule has 1 aromatic heterocycles. The molecule has 1 fully saturated rings. The largest absolute Gasteiger partial charge is 0.371 e. The summed E-state index contributed by atoms with van der Waals surface area (Å²) in [6, 6.07) is 6.11. The molecular formula is C18H21N3OS. The fourth-order valence-electron chi connectivity index (χ4n) is 2.85. The minimum atomic E-state index is -0.135. The molecule has 1 N–H and O–H groups in total. The van der Waals surface area contributed by atoms with Gasteiger partial charge in [-0.25, -0.2) is 4.98 Å². The van der Waals surface area contributed by atoms with E-state index in [1.807, 2.05) is 24.4 Å². The average Bonchev–Trinajstić information content (AvgIpc) is 3.17. The van der Waals surface area contributed by atoms with Crippen molar-refractivity contribution in [3.63, 3.8) is 0 Å². The molecule has 3 rings (SSSR count). The van der Waals surface area contributed by atoms with Gasteiger partial charge in [-0.2, -0.15) is 0 Å². The molecule has 4 nitrogen and oxygen atoms in total. The second-order valence-corrected chi connectivity index (χ2v) is 6.87. The monoisotopic (exact) mass is 327 g/mol. The highest BCUT2D eigenvalue weighted by Crippen LogP contribution is 2.26. The van der Waals surface area contributed by atoms with Gasteiger partial charge in [0.05, 0.1) is 10.7 Å². The number of hydrogen-bond donors (Lipinski definition) is 1. The number of hydrogen-bond acceptors (Lipinski definition) is 4. The summed E-state index contributed by atoms with van der Waals surface area (Å²) >= 11 is 1.58. The van der Waals surface area contributed by atoms with Crippen LogP contribution in [0, 0.1) is 13.8 Å². The van der Waals surface area contributed by atoms with Crippen LogP contribution >= 0.6 is 11.3 Å². The van der Waals surface area contributed by atoms with Crippen molar-refractivity contribution in [1.82, 2.24) is 4.98 Å². The van der Waals surface area contributed by atoms with E-state index in [9.17, 15) is 4.79 Å². The first-order chi connectivity index (χ1) is 11.1. The normalized spacial score (nSPS) is 14.6.